The highest BCUT2D eigenvalue weighted by Gasteiger charge is 2.18. The molecule has 1 aromatic heterocycles. The standard InChI is InChI=1S/C18H14FN5O4/c1-28-17(25)11-2-6-14(7-3-11)22-18-20-10-15(24(26)27)16(23-18)21-13-8-4-12(19)5-9-13/h2-10H,1H3,(H2,20,21,22,23). The van der Waals surface area contributed by atoms with Gasteiger partial charge in [-0.15, -0.1) is 0 Å². The van der Waals surface area contributed by atoms with Crippen molar-refractivity contribution in [1.29, 1.82) is 0 Å². The summed E-state index contributed by atoms with van der Waals surface area (Å²) >= 11 is 0. The van der Waals surface area contributed by atoms with Gasteiger partial charge in [0.15, 0.2) is 0 Å². The van der Waals surface area contributed by atoms with E-state index in [1.54, 1.807) is 24.3 Å². The van der Waals surface area contributed by atoms with Gasteiger partial charge in [0.25, 0.3) is 0 Å². The Labute approximate surface area is 158 Å². The lowest BCUT2D eigenvalue weighted by atomic mass is 10.2. The molecule has 1 heterocycles. The van der Waals surface area contributed by atoms with Crippen LogP contribution in [-0.4, -0.2) is 28.0 Å². The van der Waals surface area contributed by atoms with Crippen molar-refractivity contribution >= 4 is 34.8 Å². The third-order valence-corrected chi connectivity index (χ3v) is 3.64. The van der Waals surface area contributed by atoms with Crippen molar-refractivity contribution in [3.63, 3.8) is 0 Å². The zero-order valence-corrected chi connectivity index (χ0v) is 14.5. The van der Waals surface area contributed by atoms with Crippen molar-refractivity contribution in [3.8, 4) is 0 Å². The fraction of sp³-hybridized carbons (Fsp3) is 0.0556. The third kappa shape index (κ3) is 4.36. The molecular weight excluding hydrogens is 369 g/mol. The topological polar surface area (TPSA) is 119 Å². The van der Waals surface area contributed by atoms with Gasteiger partial charge in [0.2, 0.25) is 11.8 Å². The molecule has 0 atom stereocenters. The number of anilines is 4. The summed E-state index contributed by atoms with van der Waals surface area (Å²) in [5, 5.41) is 16.9. The quantitative estimate of drug-likeness (QED) is 0.375. The molecule has 0 aliphatic heterocycles. The van der Waals surface area contributed by atoms with E-state index in [2.05, 4.69) is 25.3 Å². The first-order valence-electron chi connectivity index (χ1n) is 7.95. The van der Waals surface area contributed by atoms with Crippen LogP contribution in [0.3, 0.4) is 0 Å². The van der Waals surface area contributed by atoms with Crippen LogP contribution >= 0.6 is 0 Å². The first-order valence-corrected chi connectivity index (χ1v) is 7.95. The molecule has 0 spiro atoms. The predicted octanol–water partition coefficient (Wildman–Crippen LogP) is 3.80. The minimum atomic E-state index is -0.624. The van der Waals surface area contributed by atoms with E-state index >= 15 is 0 Å². The molecule has 0 amide bonds. The number of nitrogens with one attached hydrogen (secondary N) is 2. The summed E-state index contributed by atoms with van der Waals surface area (Å²) in [4.78, 5) is 30.1. The van der Waals surface area contributed by atoms with E-state index in [1.807, 2.05) is 0 Å². The van der Waals surface area contributed by atoms with E-state index in [1.165, 1.54) is 31.4 Å². The molecule has 9 nitrogen and oxygen atoms in total. The van der Waals surface area contributed by atoms with Gasteiger partial charge in [-0.3, -0.25) is 10.1 Å². The average Bonchev–Trinajstić information content (AvgIpc) is 2.69. The maximum absolute atomic E-state index is 13.0. The van der Waals surface area contributed by atoms with Crippen molar-refractivity contribution in [2.45, 2.75) is 0 Å². The van der Waals surface area contributed by atoms with Gasteiger partial charge in [-0.25, -0.2) is 14.2 Å². The highest BCUT2D eigenvalue weighted by Crippen LogP contribution is 2.27. The minimum absolute atomic E-state index is 0.0553. The summed E-state index contributed by atoms with van der Waals surface area (Å²) in [5.41, 5.74) is 1.03. The Kier molecular flexibility index (Phi) is 5.40. The summed E-state index contributed by atoms with van der Waals surface area (Å²) in [6.45, 7) is 0. The lowest BCUT2D eigenvalue weighted by Gasteiger charge is -2.09. The maximum Gasteiger partial charge on any atom is 0.337 e. The first kappa shape index (κ1) is 18.7. The molecule has 3 aromatic rings. The van der Waals surface area contributed by atoms with Crippen LogP contribution in [0.2, 0.25) is 0 Å². The molecule has 142 valence electrons. The van der Waals surface area contributed by atoms with Gasteiger partial charge in [-0.1, -0.05) is 0 Å². The Bertz CT molecular complexity index is 1010. The number of nitro groups is 1. The molecule has 0 bridgehead atoms. The van der Waals surface area contributed by atoms with Gasteiger partial charge in [-0.05, 0) is 48.5 Å². The second kappa shape index (κ2) is 8.08. The number of benzene rings is 2. The molecule has 2 N–H and O–H groups in total. The van der Waals surface area contributed by atoms with Crippen LogP contribution in [0.25, 0.3) is 0 Å². The molecule has 0 saturated heterocycles. The highest BCUT2D eigenvalue weighted by atomic mass is 19.1. The Balaban J connectivity index is 1.85. The highest BCUT2D eigenvalue weighted by molar-refractivity contribution is 5.89. The number of halogens is 1. The number of carbonyl (C=O) groups excluding carboxylic acids is 1. The molecule has 0 aliphatic carbocycles. The Hall–Kier alpha value is -4.08. The molecule has 3 rings (SSSR count). The van der Waals surface area contributed by atoms with E-state index in [9.17, 15) is 19.3 Å². The smallest absolute Gasteiger partial charge is 0.337 e. The average molecular weight is 383 g/mol. The Morgan fingerprint density at radius 1 is 1.07 bits per heavy atom. The van der Waals surface area contributed by atoms with Crippen molar-refractivity contribution in [1.82, 2.24) is 9.97 Å². The molecule has 10 heteroatoms. The second-order valence-corrected chi connectivity index (χ2v) is 5.51. The van der Waals surface area contributed by atoms with Crippen molar-refractivity contribution in [3.05, 3.63) is 76.2 Å². The molecular formula is C18H14FN5O4. The van der Waals surface area contributed by atoms with Crippen LogP contribution in [0.5, 0.6) is 0 Å². The summed E-state index contributed by atoms with van der Waals surface area (Å²) in [5.74, 6) is -0.856. The Morgan fingerprint density at radius 3 is 2.29 bits per heavy atom. The van der Waals surface area contributed by atoms with Gasteiger partial charge in [0.05, 0.1) is 17.6 Å². The number of methoxy groups -OCH3 is 1. The van der Waals surface area contributed by atoms with Crippen molar-refractivity contribution in [2.24, 2.45) is 0 Å². The van der Waals surface area contributed by atoms with Crippen LogP contribution in [-0.2, 0) is 4.74 Å². The van der Waals surface area contributed by atoms with Gasteiger partial charge in [0.1, 0.15) is 12.0 Å². The minimum Gasteiger partial charge on any atom is -0.465 e. The second-order valence-electron chi connectivity index (χ2n) is 5.51. The van der Waals surface area contributed by atoms with Crippen LogP contribution in [0.4, 0.5) is 33.2 Å². The zero-order chi connectivity index (χ0) is 20.1. The van der Waals surface area contributed by atoms with Crippen LogP contribution in [0.1, 0.15) is 10.4 Å². The van der Waals surface area contributed by atoms with Gasteiger partial charge < -0.3 is 15.4 Å². The predicted molar refractivity (Wildman–Crippen MR) is 99.4 cm³/mol. The lowest BCUT2D eigenvalue weighted by Crippen LogP contribution is -2.05. The first-order chi connectivity index (χ1) is 13.5. The number of carbonyl (C=O) groups is 1. The SMILES string of the molecule is COC(=O)c1ccc(Nc2ncc([N+](=O)[O-])c(Nc3ccc(F)cc3)n2)cc1. The summed E-state index contributed by atoms with van der Waals surface area (Å²) in [6, 6.07) is 11.6. The number of ether oxygens (including phenoxy) is 1. The third-order valence-electron chi connectivity index (χ3n) is 3.64. The number of nitrogens with zero attached hydrogens (tertiary/aromatic N) is 3. The molecule has 0 unspecified atom stereocenters. The summed E-state index contributed by atoms with van der Waals surface area (Å²) < 4.78 is 17.7. The normalized spacial score (nSPS) is 10.2. The molecule has 0 aliphatic rings. The van der Waals surface area contributed by atoms with Gasteiger partial charge in [-0.2, -0.15) is 4.98 Å². The summed E-state index contributed by atoms with van der Waals surface area (Å²) in [6.07, 6.45) is 1.06. The number of esters is 1. The number of hydrogen-bond donors (Lipinski definition) is 2. The number of aromatic nitrogens is 2. The molecule has 28 heavy (non-hydrogen) atoms. The maximum atomic E-state index is 13.0. The fourth-order valence-electron chi connectivity index (χ4n) is 2.27. The fourth-order valence-corrected chi connectivity index (χ4v) is 2.27. The van der Waals surface area contributed by atoms with Crippen LogP contribution in [0.15, 0.2) is 54.7 Å². The van der Waals surface area contributed by atoms with E-state index < -0.39 is 16.7 Å². The summed E-state index contributed by atoms with van der Waals surface area (Å²) in [7, 11) is 1.29. The van der Waals surface area contributed by atoms with Crippen molar-refractivity contribution < 1.29 is 18.8 Å². The van der Waals surface area contributed by atoms with Crippen molar-refractivity contribution in [2.75, 3.05) is 17.7 Å². The molecule has 0 saturated carbocycles. The van der Waals surface area contributed by atoms with Gasteiger partial charge in [0, 0.05) is 11.4 Å². The zero-order valence-electron chi connectivity index (χ0n) is 14.5. The van der Waals surface area contributed by atoms with Crippen LogP contribution in [0, 0.1) is 15.9 Å². The molecule has 2 aromatic carbocycles. The van der Waals surface area contributed by atoms with E-state index in [-0.39, 0.29) is 17.5 Å². The molecule has 0 radical (unpaired) electrons. The van der Waals surface area contributed by atoms with Gasteiger partial charge >= 0.3 is 11.7 Å². The van der Waals surface area contributed by atoms with E-state index in [0.717, 1.165) is 6.20 Å². The molecule has 0 fully saturated rings. The largest absolute Gasteiger partial charge is 0.465 e. The number of rotatable bonds is 6. The Morgan fingerprint density at radius 2 is 1.68 bits per heavy atom. The lowest BCUT2D eigenvalue weighted by molar-refractivity contribution is -0.384. The number of hydrogen-bond acceptors (Lipinski definition) is 8. The van der Waals surface area contributed by atoms with Crippen LogP contribution < -0.4 is 10.6 Å². The monoisotopic (exact) mass is 383 g/mol. The van der Waals surface area contributed by atoms with E-state index in [0.29, 0.717) is 16.9 Å². The van der Waals surface area contributed by atoms with E-state index in [4.69, 9.17) is 0 Å².